The number of hydrogen-bond acceptors (Lipinski definition) is 5. The first-order valence-electron chi connectivity index (χ1n) is 6.05. The van der Waals surface area contributed by atoms with E-state index in [0.29, 0.717) is 13.0 Å². The second-order valence-electron chi connectivity index (χ2n) is 4.44. The number of rotatable bonds is 4. The van der Waals surface area contributed by atoms with E-state index in [1.54, 1.807) is 0 Å². The smallest absolute Gasteiger partial charge is 0.339 e. The van der Waals surface area contributed by atoms with Crippen molar-refractivity contribution in [3.8, 4) is 0 Å². The number of esters is 1. The van der Waals surface area contributed by atoms with Gasteiger partial charge in [-0.15, -0.1) is 12.4 Å². The molecule has 118 valence electrons. The highest BCUT2D eigenvalue weighted by molar-refractivity contribution is 7.89. The molecule has 0 radical (unpaired) electrons. The van der Waals surface area contributed by atoms with Gasteiger partial charge in [0.2, 0.25) is 10.0 Å². The van der Waals surface area contributed by atoms with Gasteiger partial charge in [-0.05, 0) is 31.2 Å². The van der Waals surface area contributed by atoms with Crippen LogP contribution in [-0.2, 0) is 14.8 Å². The molecule has 2 rings (SSSR count). The van der Waals surface area contributed by atoms with Crippen LogP contribution in [0.3, 0.4) is 0 Å². The van der Waals surface area contributed by atoms with Crippen molar-refractivity contribution in [1.29, 1.82) is 0 Å². The van der Waals surface area contributed by atoms with Crippen molar-refractivity contribution >= 4 is 28.4 Å². The van der Waals surface area contributed by atoms with E-state index in [1.807, 2.05) is 0 Å². The number of carbonyl (C=O) groups is 1. The predicted octanol–water partition coefficient (Wildman–Crippen LogP) is 0.674. The number of nitrogens with one attached hydrogen (secondary N) is 2. The molecule has 1 aromatic rings. The summed E-state index contributed by atoms with van der Waals surface area (Å²) < 4.78 is 44.7. The number of carbonyl (C=O) groups excluding carboxylic acids is 1. The zero-order valence-corrected chi connectivity index (χ0v) is 12.9. The SMILES string of the molecule is COC(=O)c1cc(F)ccc1S(=O)(=O)NC1CCNC1.Cl. The second kappa shape index (κ2) is 7.17. The quantitative estimate of drug-likeness (QED) is 0.788. The third kappa shape index (κ3) is 4.13. The first kappa shape index (κ1) is 17.8. The molecule has 2 N–H and O–H groups in total. The summed E-state index contributed by atoms with van der Waals surface area (Å²) in [6, 6.07) is 2.67. The van der Waals surface area contributed by atoms with Crippen LogP contribution in [0.2, 0.25) is 0 Å². The Bertz CT molecular complexity index is 618. The van der Waals surface area contributed by atoms with E-state index in [0.717, 1.165) is 31.9 Å². The van der Waals surface area contributed by atoms with Crippen LogP contribution in [0, 0.1) is 5.82 Å². The van der Waals surface area contributed by atoms with E-state index >= 15 is 0 Å². The molecule has 1 aromatic carbocycles. The molecule has 0 spiro atoms. The summed E-state index contributed by atoms with van der Waals surface area (Å²) in [6.45, 7) is 1.24. The Hall–Kier alpha value is -1.22. The van der Waals surface area contributed by atoms with E-state index in [9.17, 15) is 17.6 Å². The summed E-state index contributed by atoms with van der Waals surface area (Å²) in [5.41, 5.74) is -0.314. The molecule has 1 aliphatic rings. The minimum atomic E-state index is -3.90. The van der Waals surface area contributed by atoms with Gasteiger partial charge in [0.1, 0.15) is 5.82 Å². The summed E-state index contributed by atoms with van der Waals surface area (Å²) in [6.07, 6.45) is 0.661. The summed E-state index contributed by atoms with van der Waals surface area (Å²) in [4.78, 5) is 11.3. The van der Waals surface area contributed by atoms with E-state index in [4.69, 9.17) is 0 Å². The molecular formula is C12H16ClFN2O4S. The van der Waals surface area contributed by atoms with Crippen molar-refractivity contribution in [3.63, 3.8) is 0 Å². The van der Waals surface area contributed by atoms with Crippen molar-refractivity contribution in [3.05, 3.63) is 29.6 Å². The lowest BCUT2D eigenvalue weighted by Crippen LogP contribution is -2.36. The molecular weight excluding hydrogens is 323 g/mol. The van der Waals surface area contributed by atoms with Crippen molar-refractivity contribution in [2.75, 3.05) is 20.2 Å². The summed E-state index contributed by atoms with van der Waals surface area (Å²) in [7, 11) is -2.79. The third-order valence-corrected chi connectivity index (χ3v) is 4.60. The monoisotopic (exact) mass is 338 g/mol. The normalized spacial score (nSPS) is 18.1. The third-order valence-electron chi connectivity index (χ3n) is 3.02. The minimum Gasteiger partial charge on any atom is -0.465 e. The zero-order chi connectivity index (χ0) is 14.8. The number of methoxy groups -OCH3 is 1. The molecule has 0 bridgehead atoms. The molecule has 0 aliphatic carbocycles. The van der Waals surface area contributed by atoms with Crippen LogP contribution in [0.4, 0.5) is 4.39 Å². The van der Waals surface area contributed by atoms with Gasteiger partial charge in [0.05, 0.1) is 17.6 Å². The van der Waals surface area contributed by atoms with Gasteiger partial charge < -0.3 is 10.1 Å². The van der Waals surface area contributed by atoms with Gasteiger partial charge in [-0.1, -0.05) is 0 Å². The van der Waals surface area contributed by atoms with Crippen molar-refractivity contribution in [2.45, 2.75) is 17.4 Å². The Morgan fingerprint density at radius 3 is 2.76 bits per heavy atom. The van der Waals surface area contributed by atoms with Gasteiger partial charge in [-0.2, -0.15) is 0 Å². The zero-order valence-electron chi connectivity index (χ0n) is 11.3. The number of halogens is 2. The summed E-state index contributed by atoms with van der Waals surface area (Å²) >= 11 is 0. The predicted molar refractivity (Wildman–Crippen MR) is 76.6 cm³/mol. The Morgan fingerprint density at radius 2 is 2.19 bits per heavy atom. The van der Waals surface area contributed by atoms with Gasteiger partial charge in [0.25, 0.3) is 0 Å². The molecule has 1 unspecified atom stereocenters. The average Bonchev–Trinajstić information content (AvgIpc) is 2.89. The molecule has 0 aromatic heterocycles. The number of hydrogen-bond donors (Lipinski definition) is 2. The summed E-state index contributed by atoms with van der Waals surface area (Å²) in [5.74, 6) is -1.60. The van der Waals surface area contributed by atoms with Crippen LogP contribution in [0.15, 0.2) is 23.1 Å². The molecule has 1 saturated heterocycles. The van der Waals surface area contributed by atoms with Crippen LogP contribution >= 0.6 is 12.4 Å². The molecule has 1 atom stereocenters. The van der Waals surface area contributed by atoms with Gasteiger partial charge in [-0.3, -0.25) is 0 Å². The average molecular weight is 339 g/mol. The number of ether oxygens (including phenoxy) is 1. The van der Waals surface area contributed by atoms with E-state index in [-0.39, 0.29) is 28.9 Å². The van der Waals surface area contributed by atoms with Crippen molar-refractivity contribution in [2.24, 2.45) is 0 Å². The fourth-order valence-corrected chi connectivity index (χ4v) is 3.49. The minimum absolute atomic E-state index is 0. The Balaban J connectivity index is 0.00000220. The fourth-order valence-electron chi connectivity index (χ4n) is 2.04. The second-order valence-corrected chi connectivity index (χ2v) is 6.13. The highest BCUT2D eigenvalue weighted by atomic mass is 35.5. The van der Waals surface area contributed by atoms with Gasteiger partial charge in [0.15, 0.2) is 0 Å². The van der Waals surface area contributed by atoms with E-state index in [1.165, 1.54) is 0 Å². The topological polar surface area (TPSA) is 84.5 Å². The molecule has 0 saturated carbocycles. The Kier molecular flexibility index (Phi) is 6.09. The fraction of sp³-hybridized carbons (Fsp3) is 0.417. The molecule has 21 heavy (non-hydrogen) atoms. The van der Waals surface area contributed by atoms with Crippen molar-refractivity contribution < 1.29 is 22.3 Å². The maximum atomic E-state index is 13.2. The lowest BCUT2D eigenvalue weighted by atomic mass is 10.2. The van der Waals surface area contributed by atoms with E-state index < -0.39 is 21.8 Å². The lowest BCUT2D eigenvalue weighted by molar-refractivity contribution is 0.0595. The first-order valence-corrected chi connectivity index (χ1v) is 7.53. The molecule has 1 fully saturated rings. The van der Waals surface area contributed by atoms with Crippen LogP contribution < -0.4 is 10.0 Å². The maximum Gasteiger partial charge on any atom is 0.339 e. The largest absolute Gasteiger partial charge is 0.465 e. The van der Waals surface area contributed by atoms with Gasteiger partial charge in [-0.25, -0.2) is 22.3 Å². The molecule has 1 aliphatic heterocycles. The Labute approximate surface area is 128 Å². The molecule has 0 amide bonds. The van der Waals surface area contributed by atoms with Crippen LogP contribution in [-0.4, -0.2) is 40.6 Å². The van der Waals surface area contributed by atoms with Gasteiger partial charge >= 0.3 is 5.97 Å². The van der Waals surface area contributed by atoms with E-state index in [2.05, 4.69) is 14.8 Å². The maximum absolute atomic E-state index is 13.2. The number of sulfonamides is 1. The highest BCUT2D eigenvalue weighted by Gasteiger charge is 2.27. The summed E-state index contributed by atoms with van der Waals surface area (Å²) in [5, 5.41) is 3.03. The number of benzene rings is 1. The van der Waals surface area contributed by atoms with Crippen LogP contribution in [0.5, 0.6) is 0 Å². The highest BCUT2D eigenvalue weighted by Crippen LogP contribution is 2.19. The van der Waals surface area contributed by atoms with Crippen LogP contribution in [0.25, 0.3) is 0 Å². The molecule has 6 nitrogen and oxygen atoms in total. The Morgan fingerprint density at radius 1 is 1.48 bits per heavy atom. The van der Waals surface area contributed by atoms with Crippen molar-refractivity contribution in [1.82, 2.24) is 10.0 Å². The van der Waals surface area contributed by atoms with Gasteiger partial charge in [0, 0.05) is 12.6 Å². The molecule has 9 heteroatoms. The van der Waals surface area contributed by atoms with Crippen LogP contribution in [0.1, 0.15) is 16.8 Å². The molecule has 1 heterocycles. The lowest BCUT2D eigenvalue weighted by Gasteiger charge is -2.14. The first-order chi connectivity index (χ1) is 9.44. The standard InChI is InChI=1S/C12H15FN2O4S.ClH/c1-19-12(16)10-6-8(13)2-3-11(10)20(17,18)15-9-4-5-14-7-9;/h2-3,6,9,14-15H,4-5,7H2,1H3;1H.